The summed E-state index contributed by atoms with van der Waals surface area (Å²) in [6.07, 6.45) is -1.91. The van der Waals surface area contributed by atoms with Gasteiger partial charge in [-0.2, -0.15) is 0 Å². The minimum Gasteiger partial charge on any atom is -0.465 e. The van der Waals surface area contributed by atoms with E-state index in [1.807, 2.05) is 0 Å². The summed E-state index contributed by atoms with van der Waals surface area (Å²) < 4.78 is 0. The molecule has 4 N–H and O–H groups in total. The van der Waals surface area contributed by atoms with Gasteiger partial charge in [-0.3, -0.25) is 9.69 Å². The van der Waals surface area contributed by atoms with Crippen LogP contribution in [-0.4, -0.2) is 45.8 Å². The summed E-state index contributed by atoms with van der Waals surface area (Å²) in [6, 6.07) is -0.877. The Labute approximate surface area is 68.6 Å². The lowest BCUT2D eigenvalue weighted by Crippen LogP contribution is -2.43. The number of carbonyl (C=O) groups excluding carboxylic acids is 1. The number of amides is 2. The van der Waals surface area contributed by atoms with Crippen LogP contribution in [0.15, 0.2) is 0 Å². The largest absolute Gasteiger partial charge is 0.465 e. The number of aliphatic hydroxyl groups is 1. The first kappa shape index (κ1) is 8.79. The van der Waals surface area contributed by atoms with E-state index in [4.69, 9.17) is 15.9 Å². The Morgan fingerprint density at radius 1 is 1.50 bits per heavy atom. The van der Waals surface area contributed by atoms with Crippen molar-refractivity contribution < 1.29 is 19.8 Å². The molecule has 0 spiro atoms. The molecule has 2 amide bonds. The maximum Gasteiger partial charge on any atom is 0.408 e. The van der Waals surface area contributed by atoms with Crippen molar-refractivity contribution >= 4 is 12.0 Å². The molecular formula is C6H10N2O4. The quantitative estimate of drug-likeness (QED) is 0.454. The minimum atomic E-state index is -1.23. The molecule has 0 radical (unpaired) electrons. The fourth-order valence-corrected chi connectivity index (χ4v) is 1.29. The molecular weight excluding hydrogens is 164 g/mol. The van der Waals surface area contributed by atoms with Gasteiger partial charge in [0.15, 0.2) is 0 Å². The Hall–Kier alpha value is -1.30. The van der Waals surface area contributed by atoms with E-state index in [2.05, 4.69) is 0 Å². The summed E-state index contributed by atoms with van der Waals surface area (Å²) in [5.74, 6) is -0.714. The van der Waals surface area contributed by atoms with E-state index in [1.54, 1.807) is 0 Å². The third kappa shape index (κ3) is 1.48. The van der Waals surface area contributed by atoms with E-state index in [0.29, 0.717) is 0 Å². The van der Waals surface area contributed by atoms with Crippen LogP contribution in [0.3, 0.4) is 0 Å². The van der Waals surface area contributed by atoms with E-state index < -0.39 is 24.1 Å². The van der Waals surface area contributed by atoms with Crippen molar-refractivity contribution in [3.8, 4) is 0 Å². The zero-order chi connectivity index (χ0) is 9.30. The first-order chi connectivity index (χ1) is 5.52. The predicted octanol–water partition coefficient (Wildman–Crippen LogP) is -1.42. The lowest BCUT2D eigenvalue weighted by molar-refractivity contribution is -0.121. The van der Waals surface area contributed by atoms with Gasteiger partial charge in [0.1, 0.15) is 6.04 Å². The molecule has 0 unspecified atom stereocenters. The van der Waals surface area contributed by atoms with Crippen LogP contribution in [0.5, 0.6) is 0 Å². The SMILES string of the molecule is NC(=O)[C@@H]1C[C@H](O)CN1C(=O)O. The number of β-amino-alcohol motifs (C(OH)–C–C–N with tert-alkyl or cyclic N) is 1. The number of carbonyl (C=O) groups is 2. The van der Waals surface area contributed by atoms with Crippen LogP contribution in [0.1, 0.15) is 6.42 Å². The molecule has 0 saturated carbocycles. The number of nitrogens with zero attached hydrogens (tertiary/aromatic N) is 1. The summed E-state index contributed by atoms with van der Waals surface area (Å²) in [6.45, 7) is -0.0387. The highest BCUT2D eigenvalue weighted by Crippen LogP contribution is 2.17. The molecule has 1 aliphatic rings. The summed E-state index contributed by atoms with van der Waals surface area (Å²) >= 11 is 0. The molecule has 0 aromatic rings. The first-order valence-corrected chi connectivity index (χ1v) is 3.49. The van der Waals surface area contributed by atoms with Gasteiger partial charge >= 0.3 is 6.09 Å². The van der Waals surface area contributed by atoms with E-state index in [0.717, 1.165) is 4.90 Å². The first-order valence-electron chi connectivity index (χ1n) is 3.49. The summed E-state index contributed by atoms with van der Waals surface area (Å²) in [5.41, 5.74) is 4.93. The molecule has 6 nitrogen and oxygen atoms in total. The Kier molecular flexibility index (Phi) is 2.18. The van der Waals surface area contributed by atoms with Crippen molar-refractivity contribution in [2.75, 3.05) is 6.54 Å². The normalized spacial score (nSPS) is 28.9. The van der Waals surface area contributed by atoms with E-state index in [1.165, 1.54) is 0 Å². The van der Waals surface area contributed by atoms with Crippen LogP contribution in [0, 0.1) is 0 Å². The fourth-order valence-electron chi connectivity index (χ4n) is 1.29. The highest BCUT2D eigenvalue weighted by atomic mass is 16.4. The molecule has 0 aromatic heterocycles. The molecule has 0 aliphatic carbocycles. The van der Waals surface area contributed by atoms with Crippen LogP contribution in [0.25, 0.3) is 0 Å². The third-order valence-corrected chi connectivity index (χ3v) is 1.85. The van der Waals surface area contributed by atoms with Crippen LogP contribution in [0.4, 0.5) is 4.79 Å². The van der Waals surface area contributed by atoms with Crippen LogP contribution in [-0.2, 0) is 4.79 Å². The average molecular weight is 174 g/mol. The van der Waals surface area contributed by atoms with Crippen molar-refractivity contribution in [3.63, 3.8) is 0 Å². The van der Waals surface area contributed by atoms with Gasteiger partial charge in [-0.25, -0.2) is 4.79 Å². The van der Waals surface area contributed by atoms with Gasteiger partial charge in [0, 0.05) is 6.42 Å². The lowest BCUT2D eigenvalue weighted by atomic mass is 10.2. The molecule has 68 valence electrons. The summed E-state index contributed by atoms with van der Waals surface area (Å²) in [5, 5.41) is 17.6. The maximum absolute atomic E-state index is 10.7. The van der Waals surface area contributed by atoms with Crippen molar-refractivity contribution in [2.45, 2.75) is 18.6 Å². The van der Waals surface area contributed by atoms with Gasteiger partial charge in [0.05, 0.1) is 12.6 Å². The van der Waals surface area contributed by atoms with Crippen LogP contribution >= 0.6 is 0 Å². The summed E-state index contributed by atoms with van der Waals surface area (Å²) in [7, 11) is 0. The Balaban J connectivity index is 2.72. The van der Waals surface area contributed by atoms with Gasteiger partial charge in [0.25, 0.3) is 0 Å². The molecule has 1 aliphatic heterocycles. The zero-order valence-electron chi connectivity index (χ0n) is 6.30. The smallest absolute Gasteiger partial charge is 0.408 e. The van der Waals surface area contributed by atoms with Crippen molar-refractivity contribution in [1.82, 2.24) is 4.90 Å². The second kappa shape index (κ2) is 2.98. The second-order valence-corrected chi connectivity index (χ2v) is 2.74. The molecule has 12 heavy (non-hydrogen) atoms. The molecule has 2 atom stereocenters. The number of likely N-dealkylation sites (tertiary alicyclic amines) is 1. The second-order valence-electron chi connectivity index (χ2n) is 2.74. The van der Waals surface area contributed by atoms with Crippen molar-refractivity contribution in [2.24, 2.45) is 5.73 Å². The molecule has 0 aromatic carbocycles. The average Bonchev–Trinajstić information content (AvgIpc) is 2.31. The number of hydrogen-bond acceptors (Lipinski definition) is 3. The number of rotatable bonds is 1. The van der Waals surface area contributed by atoms with Crippen molar-refractivity contribution in [3.05, 3.63) is 0 Å². The van der Waals surface area contributed by atoms with Gasteiger partial charge in [-0.1, -0.05) is 0 Å². The lowest BCUT2D eigenvalue weighted by Gasteiger charge is -2.17. The minimum absolute atomic E-state index is 0.0387. The number of carboxylic acid groups (broad SMARTS) is 1. The summed E-state index contributed by atoms with van der Waals surface area (Å²) in [4.78, 5) is 22.0. The number of hydrogen-bond donors (Lipinski definition) is 3. The molecule has 0 bridgehead atoms. The molecule has 1 fully saturated rings. The number of primary amides is 1. The Morgan fingerprint density at radius 2 is 2.08 bits per heavy atom. The Morgan fingerprint density at radius 3 is 2.42 bits per heavy atom. The zero-order valence-corrected chi connectivity index (χ0v) is 6.30. The van der Waals surface area contributed by atoms with Crippen LogP contribution < -0.4 is 5.73 Å². The highest BCUT2D eigenvalue weighted by Gasteiger charge is 2.37. The predicted molar refractivity (Wildman–Crippen MR) is 38.3 cm³/mol. The topological polar surface area (TPSA) is 104 Å². The van der Waals surface area contributed by atoms with Gasteiger partial charge in [-0.05, 0) is 0 Å². The standard InChI is InChI=1S/C6H10N2O4/c7-5(10)4-1-3(9)2-8(4)6(11)12/h3-4,9H,1-2H2,(H2,7,10)(H,11,12)/t3-,4-/m0/s1. The van der Waals surface area contributed by atoms with E-state index >= 15 is 0 Å². The Bertz CT molecular complexity index is 196. The van der Waals surface area contributed by atoms with Crippen molar-refractivity contribution in [1.29, 1.82) is 0 Å². The monoisotopic (exact) mass is 174 g/mol. The number of aliphatic hydroxyl groups excluding tert-OH is 1. The van der Waals surface area contributed by atoms with E-state index in [-0.39, 0.29) is 13.0 Å². The molecule has 1 rings (SSSR count). The van der Waals surface area contributed by atoms with Gasteiger partial charge in [-0.15, -0.1) is 0 Å². The fraction of sp³-hybridized carbons (Fsp3) is 0.667. The van der Waals surface area contributed by atoms with Crippen LogP contribution in [0.2, 0.25) is 0 Å². The van der Waals surface area contributed by atoms with Gasteiger partial charge in [0.2, 0.25) is 5.91 Å². The molecule has 1 saturated heterocycles. The van der Waals surface area contributed by atoms with E-state index in [9.17, 15) is 9.59 Å². The number of nitrogens with two attached hydrogens (primary N) is 1. The van der Waals surface area contributed by atoms with Gasteiger partial charge < -0.3 is 15.9 Å². The highest BCUT2D eigenvalue weighted by molar-refractivity contribution is 5.84. The molecule has 6 heteroatoms. The maximum atomic E-state index is 10.7. The third-order valence-electron chi connectivity index (χ3n) is 1.85. The molecule has 1 heterocycles.